The van der Waals surface area contributed by atoms with Crippen molar-refractivity contribution in [3.8, 4) is 0 Å². The summed E-state index contributed by atoms with van der Waals surface area (Å²) < 4.78 is 30.9. The Bertz CT molecular complexity index is 602. The summed E-state index contributed by atoms with van der Waals surface area (Å²) in [6.07, 6.45) is 1.52. The molecule has 5 nitrogen and oxygen atoms in total. The summed E-state index contributed by atoms with van der Waals surface area (Å²) in [6.45, 7) is 0.561. The third-order valence-corrected chi connectivity index (χ3v) is 5.39. The lowest BCUT2D eigenvalue weighted by atomic mass is 10.4. The van der Waals surface area contributed by atoms with Gasteiger partial charge in [-0.05, 0) is 18.2 Å². The lowest BCUT2D eigenvalue weighted by Crippen LogP contribution is -2.25. The zero-order valence-corrected chi connectivity index (χ0v) is 11.5. The molecule has 0 atom stereocenters. The Kier molecular flexibility index (Phi) is 3.86. The van der Waals surface area contributed by atoms with Crippen molar-refractivity contribution in [2.75, 3.05) is 7.05 Å². The summed E-state index contributed by atoms with van der Waals surface area (Å²) in [5.41, 5.74) is 5.48. The van der Waals surface area contributed by atoms with E-state index in [0.717, 1.165) is 4.88 Å². The molecule has 0 saturated heterocycles. The lowest BCUT2D eigenvalue weighted by molar-refractivity contribution is 0.406. The van der Waals surface area contributed by atoms with E-state index in [2.05, 4.69) is 0 Å². The first kappa shape index (κ1) is 13.3. The fourth-order valence-corrected chi connectivity index (χ4v) is 3.77. The van der Waals surface area contributed by atoms with Crippen LogP contribution < -0.4 is 5.73 Å². The number of nitrogens with two attached hydrogens (primary N) is 1. The fourth-order valence-electron chi connectivity index (χ4n) is 1.49. The van der Waals surface area contributed by atoms with Gasteiger partial charge in [-0.3, -0.25) is 0 Å². The number of furan rings is 1. The van der Waals surface area contributed by atoms with Crippen LogP contribution in [-0.2, 0) is 23.1 Å². The highest BCUT2D eigenvalue weighted by Gasteiger charge is 2.22. The highest BCUT2D eigenvalue weighted by molar-refractivity contribution is 7.89. The highest BCUT2D eigenvalue weighted by Crippen LogP contribution is 2.22. The van der Waals surface area contributed by atoms with Crippen molar-refractivity contribution in [2.45, 2.75) is 18.0 Å². The monoisotopic (exact) mass is 286 g/mol. The molecule has 2 rings (SSSR count). The van der Waals surface area contributed by atoms with E-state index >= 15 is 0 Å². The van der Waals surface area contributed by atoms with Crippen molar-refractivity contribution < 1.29 is 12.8 Å². The second-order valence-electron chi connectivity index (χ2n) is 3.79. The molecular weight excluding hydrogens is 272 g/mol. The number of thiophene rings is 1. The van der Waals surface area contributed by atoms with Gasteiger partial charge in [-0.25, -0.2) is 8.42 Å². The summed E-state index contributed by atoms with van der Waals surface area (Å²) in [6, 6.07) is 5.08. The first-order chi connectivity index (χ1) is 8.54. The third kappa shape index (κ3) is 2.64. The first-order valence-corrected chi connectivity index (χ1v) is 7.62. The SMILES string of the molecule is CN(Cc1ccco1)S(=O)(=O)c1csc(CN)c1. The molecule has 0 amide bonds. The molecule has 2 aromatic rings. The first-order valence-electron chi connectivity index (χ1n) is 5.30. The molecule has 0 unspecified atom stereocenters. The predicted octanol–water partition coefficient (Wildman–Crippen LogP) is 1.62. The van der Waals surface area contributed by atoms with Gasteiger partial charge in [0.25, 0.3) is 0 Å². The Morgan fingerprint density at radius 2 is 2.28 bits per heavy atom. The molecule has 2 N–H and O–H groups in total. The molecule has 0 fully saturated rings. The van der Waals surface area contributed by atoms with Gasteiger partial charge in [0.2, 0.25) is 10.0 Å². The van der Waals surface area contributed by atoms with Crippen molar-refractivity contribution in [3.63, 3.8) is 0 Å². The molecular formula is C11H14N2O3S2. The van der Waals surface area contributed by atoms with Gasteiger partial charge < -0.3 is 10.2 Å². The number of sulfonamides is 1. The van der Waals surface area contributed by atoms with E-state index < -0.39 is 10.0 Å². The molecule has 2 heterocycles. The Morgan fingerprint density at radius 3 is 2.83 bits per heavy atom. The molecule has 0 aliphatic carbocycles. The van der Waals surface area contributed by atoms with Crippen LogP contribution >= 0.6 is 11.3 Å². The molecule has 98 valence electrons. The van der Waals surface area contributed by atoms with Crippen molar-refractivity contribution in [3.05, 3.63) is 40.5 Å². The molecule has 0 radical (unpaired) electrons. The number of hydrogen-bond acceptors (Lipinski definition) is 5. The molecule has 0 aliphatic heterocycles. The largest absolute Gasteiger partial charge is 0.468 e. The Labute approximate surface area is 110 Å². The van der Waals surface area contributed by atoms with E-state index in [1.54, 1.807) is 23.6 Å². The van der Waals surface area contributed by atoms with Crippen molar-refractivity contribution in [2.24, 2.45) is 5.73 Å². The molecule has 0 saturated carbocycles. The molecule has 0 aromatic carbocycles. The van der Waals surface area contributed by atoms with E-state index in [4.69, 9.17) is 10.2 Å². The van der Waals surface area contributed by atoms with Crippen LogP contribution in [-0.4, -0.2) is 19.8 Å². The van der Waals surface area contributed by atoms with Crippen LogP contribution in [0.15, 0.2) is 39.2 Å². The Balaban J connectivity index is 2.19. The summed E-state index contributed by atoms with van der Waals surface area (Å²) in [7, 11) is -1.95. The van der Waals surface area contributed by atoms with Crippen LogP contribution in [0, 0.1) is 0 Å². The van der Waals surface area contributed by atoms with E-state index in [-0.39, 0.29) is 11.4 Å². The smallest absolute Gasteiger partial charge is 0.244 e. The number of nitrogens with zero attached hydrogens (tertiary/aromatic N) is 1. The standard InChI is InChI=1S/C11H14N2O3S2/c1-13(7-9-3-2-4-16-9)18(14,15)11-5-10(6-12)17-8-11/h2-5,8H,6-7,12H2,1H3. The van der Waals surface area contributed by atoms with Gasteiger partial charge in [-0.1, -0.05) is 0 Å². The molecule has 0 bridgehead atoms. The van der Waals surface area contributed by atoms with Crippen molar-refractivity contribution in [1.82, 2.24) is 4.31 Å². The quantitative estimate of drug-likeness (QED) is 0.906. The van der Waals surface area contributed by atoms with E-state index in [1.165, 1.54) is 29.0 Å². The van der Waals surface area contributed by atoms with Crippen LogP contribution in [0.25, 0.3) is 0 Å². The minimum atomic E-state index is -3.48. The summed E-state index contributed by atoms with van der Waals surface area (Å²) in [4.78, 5) is 1.13. The molecule has 2 aromatic heterocycles. The second kappa shape index (κ2) is 5.23. The van der Waals surface area contributed by atoms with Crippen LogP contribution in [0.3, 0.4) is 0 Å². The zero-order valence-electron chi connectivity index (χ0n) is 9.87. The van der Waals surface area contributed by atoms with Gasteiger partial charge in [0.15, 0.2) is 0 Å². The number of rotatable bonds is 5. The lowest BCUT2D eigenvalue weighted by Gasteiger charge is -2.14. The molecule has 0 aliphatic rings. The van der Waals surface area contributed by atoms with E-state index in [9.17, 15) is 8.42 Å². The maximum atomic E-state index is 12.2. The van der Waals surface area contributed by atoms with Crippen LogP contribution in [0.2, 0.25) is 0 Å². The average molecular weight is 286 g/mol. The normalized spacial score (nSPS) is 12.2. The van der Waals surface area contributed by atoms with Gasteiger partial charge in [0.05, 0.1) is 17.7 Å². The van der Waals surface area contributed by atoms with Gasteiger partial charge in [0, 0.05) is 23.8 Å². The number of hydrogen-bond donors (Lipinski definition) is 1. The average Bonchev–Trinajstić information content (AvgIpc) is 2.99. The maximum absolute atomic E-state index is 12.2. The Morgan fingerprint density at radius 1 is 1.50 bits per heavy atom. The zero-order chi connectivity index (χ0) is 13.2. The van der Waals surface area contributed by atoms with E-state index in [1.807, 2.05) is 0 Å². The summed E-state index contributed by atoms with van der Waals surface area (Å²) in [5.74, 6) is 0.607. The topological polar surface area (TPSA) is 76.5 Å². The van der Waals surface area contributed by atoms with Gasteiger partial charge in [0.1, 0.15) is 5.76 Å². The third-order valence-electron chi connectivity index (χ3n) is 2.50. The molecule has 7 heteroatoms. The van der Waals surface area contributed by atoms with Gasteiger partial charge in [-0.15, -0.1) is 11.3 Å². The van der Waals surface area contributed by atoms with Crippen molar-refractivity contribution >= 4 is 21.4 Å². The van der Waals surface area contributed by atoms with Crippen LogP contribution in [0.5, 0.6) is 0 Å². The highest BCUT2D eigenvalue weighted by atomic mass is 32.2. The van der Waals surface area contributed by atoms with Gasteiger partial charge >= 0.3 is 0 Å². The second-order valence-corrected chi connectivity index (χ2v) is 6.83. The molecule has 0 spiro atoms. The van der Waals surface area contributed by atoms with Gasteiger partial charge in [-0.2, -0.15) is 4.31 Å². The van der Waals surface area contributed by atoms with Crippen LogP contribution in [0.1, 0.15) is 10.6 Å². The molecule has 18 heavy (non-hydrogen) atoms. The summed E-state index contributed by atoms with van der Waals surface area (Å²) >= 11 is 1.35. The Hall–Kier alpha value is -1.15. The predicted molar refractivity (Wildman–Crippen MR) is 69.6 cm³/mol. The minimum absolute atomic E-state index is 0.211. The van der Waals surface area contributed by atoms with Crippen molar-refractivity contribution in [1.29, 1.82) is 0 Å². The maximum Gasteiger partial charge on any atom is 0.244 e. The fraction of sp³-hybridized carbons (Fsp3) is 0.273. The van der Waals surface area contributed by atoms with E-state index in [0.29, 0.717) is 12.3 Å². The summed E-state index contributed by atoms with van der Waals surface area (Å²) in [5, 5.41) is 1.61. The minimum Gasteiger partial charge on any atom is -0.468 e. The van der Waals surface area contributed by atoms with Crippen LogP contribution in [0.4, 0.5) is 0 Å².